The van der Waals surface area contributed by atoms with Crippen LogP contribution in [0.4, 0.5) is 4.79 Å². The van der Waals surface area contributed by atoms with Crippen LogP contribution in [0.5, 0.6) is 11.5 Å². The SMILES string of the molecule is CC1(c2ccc3c(c2)OCO3)NC(=O)N(CCCc2ccccc2)C1=O. The first-order valence-electron chi connectivity index (χ1n) is 8.66. The first-order valence-corrected chi connectivity index (χ1v) is 8.66. The molecule has 1 atom stereocenters. The number of hydrogen-bond donors (Lipinski definition) is 1. The largest absolute Gasteiger partial charge is 0.454 e. The second kappa shape index (κ2) is 6.37. The van der Waals surface area contributed by atoms with Gasteiger partial charge in [0.05, 0.1) is 0 Å². The van der Waals surface area contributed by atoms with Crippen molar-refractivity contribution in [3.05, 3.63) is 59.7 Å². The average molecular weight is 352 g/mol. The Morgan fingerprint density at radius 1 is 1.08 bits per heavy atom. The van der Waals surface area contributed by atoms with Crippen LogP contribution in [0.15, 0.2) is 48.5 Å². The van der Waals surface area contributed by atoms with Crippen LogP contribution >= 0.6 is 0 Å². The van der Waals surface area contributed by atoms with Gasteiger partial charge in [-0.05, 0) is 43.0 Å². The van der Waals surface area contributed by atoms with E-state index >= 15 is 0 Å². The zero-order chi connectivity index (χ0) is 18.1. The smallest absolute Gasteiger partial charge is 0.325 e. The minimum Gasteiger partial charge on any atom is -0.454 e. The Kier molecular flexibility index (Phi) is 4.03. The standard InChI is InChI=1S/C20H20N2O4/c1-20(15-9-10-16-17(12-15)26-13-25-16)18(23)22(19(24)21-20)11-5-8-14-6-3-2-4-7-14/h2-4,6-7,9-10,12H,5,8,11,13H2,1H3,(H,21,24). The summed E-state index contributed by atoms with van der Waals surface area (Å²) in [6.07, 6.45) is 1.54. The molecule has 6 heteroatoms. The zero-order valence-corrected chi connectivity index (χ0v) is 14.5. The fourth-order valence-electron chi connectivity index (χ4n) is 3.39. The molecule has 2 heterocycles. The predicted molar refractivity (Wildman–Crippen MR) is 94.9 cm³/mol. The number of rotatable bonds is 5. The monoisotopic (exact) mass is 352 g/mol. The van der Waals surface area contributed by atoms with Crippen LogP contribution < -0.4 is 14.8 Å². The Morgan fingerprint density at radius 2 is 1.85 bits per heavy atom. The molecular formula is C20H20N2O4. The molecule has 0 saturated carbocycles. The van der Waals surface area contributed by atoms with E-state index in [1.165, 1.54) is 10.5 Å². The minimum atomic E-state index is -1.09. The Hall–Kier alpha value is -3.02. The molecule has 2 aliphatic heterocycles. The number of urea groups is 1. The van der Waals surface area contributed by atoms with Crippen molar-refractivity contribution in [3.8, 4) is 11.5 Å². The molecule has 26 heavy (non-hydrogen) atoms. The third-order valence-corrected chi connectivity index (χ3v) is 4.91. The van der Waals surface area contributed by atoms with Crippen LogP contribution in [0.3, 0.4) is 0 Å². The van der Waals surface area contributed by atoms with Gasteiger partial charge in [0.15, 0.2) is 11.5 Å². The fourth-order valence-corrected chi connectivity index (χ4v) is 3.39. The molecule has 6 nitrogen and oxygen atoms in total. The number of benzene rings is 2. The Labute approximate surface area is 151 Å². The summed E-state index contributed by atoms with van der Waals surface area (Å²) in [6, 6.07) is 15.0. The fraction of sp³-hybridized carbons (Fsp3) is 0.300. The van der Waals surface area contributed by atoms with E-state index in [0.717, 1.165) is 12.8 Å². The van der Waals surface area contributed by atoms with Crippen molar-refractivity contribution >= 4 is 11.9 Å². The minimum absolute atomic E-state index is 0.168. The number of nitrogens with zero attached hydrogens (tertiary/aromatic N) is 1. The Balaban J connectivity index is 1.47. The van der Waals surface area contributed by atoms with Crippen LogP contribution in [0.25, 0.3) is 0 Å². The lowest BCUT2D eigenvalue weighted by atomic mass is 9.91. The van der Waals surface area contributed by atoms with Gasteiger partial charge in [0.25, 0.3) is 5.91 Å². The number of nitrogens with one attached hydrogen (secondary N) is 1. The molecule has 1 saturated heterocycles. The lowest BCUT2D eigenvalue weighted by Crippen LogP contribution is -2.41. The molecule has 2 aliphatic rings. The van der Waals surface area contributed by atoms with E-state index in [2.05, 4.69) is 5.32 Å². The van der Waals surface area contributed by atoms with Gasteiger partial charge in [-0.2, -0.15) is 0 Å². The van der Waals surface area contributed by atoms with E-state index in [9.17, 15) is 9.59 Å². The molecular weight excluding hydrogens is 332 g/mol. The molecule has 0 aliphatic carbocycles. The summed E-state index contributed by atoms with van der Waals surface area (Å²) >= 11 is 0. The van der Waals surface area contributed by atoms with Crippen molar-refractivity contribution in [1.82, 2.24) is 10.2 Å². The number of imide groups is 1. The number of carbonyl (C=O) groups excluding carboxylic acids is 2. The topological polar surface area (TPSA) is 67.9 Å². The Bertz CT molecular complexity index is 852. The Morgan fingerprint density at radius 3 is 2.65 bits per heavy atom. The van der Waals surface area contributed by atoms with Crippen molar-refractivity contribution in [1.29, 1.82) is 0 Å². The molecule has 0 aromatic heterocycles. The van der Waals surface area contributed by atoms with Crippen LogP contribution in [-0.2, 0) is 16.8 Å². The maximum Gasteiger partial charge on any atom is 0.325 e. The molecule has 3 amide bonds. The van der Waals surface area contributed by atoms with Crippen molar-refractivity contribution in [2.45, 2.75) is 25.3 Å². The molecule has 1 N–H and O–H groups in total. The van der Waals surface area contributed by atoms with Gasteiger partial charge in [0, 0.05) is 6.54 Å². The molecule has 134 valence electrons. The van der Waals surface area contributed by atoms with Gasteiger partial charge < -0.3 is 14.8 Å². The highest BCUT2D eigenvalue weighted by atomic mass is 16.7. The number of aryl methyl sites for hydroxylation is 1. The van der Waals surface area contributed by atoms with E-state index in [1.54, 1.807) is 25.1 Å². The summed E-state index contributed by atoms with van der Waals surface area (Å²) in [5, 5.41) is 2.83. The van der Waals surface area contributed by atoms with Crippen LogP contribution in [0.2, 0.25) is 0 Å². The highest BCUT2D eigenvalue weighted by molar-refractivity contribution is 6.07. The molecule has 1 fully saturated rings. The molecule has 0 radical (unpaired) electrons. The lowest BCUT2D eigenvalue weighted by molar-refractivity contribution is -0.131. The van der Waals surface area contributed by atoms with E-state index < -0.39 is 5.54 Å². The lowest BCUT2D eigenvalue weighted by Gasteiger charge is -2.22. The van der Waals surface area contributed by atoms with Crippen molar-refractivity contribution in [2.24, 2.45) is 0 Å². The summed E-state index contributed by atoms with van der Waals surface area (Å²) in [5.41, 5.74) is 0.786. The quantitative estimate of drug-likeness (QED) is 0.840. The van der Waals surface area contributed by atoms with E-state index in [1.807, 2.05) is 30.3 Å². The van der Waals surface area contributed by atoms with Gasteiger partial charge in [-0.15, -0.1) is 0 Å². The summed E-state index contributed by atoms with van der Waals surface area (Å²) in [4.78, 5) is 26.6. The maximum atomic E-state index is 13.0. The van der Waals surface area contributed by atoms with Gasteiger partial charge in [-0.3, -0.25) is 9.69 Å². The second-order valence-corrected chi connectivity index (χ2v) is 6.67. The highest BCUT2D eigenvalue weighted by Gasteiger charge is 2.49. The van der Waals surface area contributed by atoms with Gasteiger partial charge >= 0.3 is 6.03 Å². The molecule has 0 spiro atoms. The third-order valence-electron chi connectivity index (χ3n) is 4.91. The number of fused-ring (bicyclic) bond motifs is 1. The molecule has 2 aromatic rings. The second-order valence-electron chi connectivity index (χ2n) is 6.67. The number of amides is 3. The predicted octanol–water partition coefficient (Wildman–Crippen LogP) is 2.82. The number of ether oxygens (including phenoxy) is 2. The van der Waals surface area contributed by atoms with Crippen molar-refractivity contribution in [3.63, 3.8) is 0 Å². The summed E-state index contributed by atoms with van der Waals surface area (Å²) < 4.78 is 10.7. The van der Waals surface area contributed by atoms with Gasteiger partial charge in [-0.25, -0.2) is 4.79 Å². The molecule has 1 unspecified atom stereocenters. The van der Waals surface area contributed by atoms with E-state index in [0.29, 0.717) is 23.6 Å². The number of carbonyl (C=O) groups is 2. The summed E-state index contributed by atoms with van der Waals surface area (Å²) in [5.74, 6) is 0.997. The van der Waals surface area contributed by atoms with Crippen LogP contribution in [0.1, 0.15) is 24.5 Å². The van der Waals surface area contributed by atoms with Crippen molar-refractivity contribution in [2.75, 3.05) is 13.3 Å². The van der Waals surface area contributed by atoms with E-state index in [4.69, 9.17) is 9.47 Å². The van der Waals surface area contributed by atoms with Gasteiger partial charge in [0.2, 0.25) is 6.79 Å². The maximum absolute atomic E-state index is 13.0. The van der Waals surface area contributed by atoms with Gasteiger partial charge in [0.1, 0.15) is 5.54 Å². The zero-order valence-electron chi connectivity index (χ0n) is 14.5. The normalized spacial score (nSPS) is 21.2. The number of hydrogen-bond acceptors (Lipinski definition) is 4. The molecule has 2 aromatic carbocycles. The van der Waals surface area contributed by atoms with Gasteiger partial charge in [-0.1, -0.05) is 36.4 Å². The first kappa shape index (κ1) is 16.4. The summed E-state index contributed by atoms with van der Waals surface area (Å²) in [7, 11) is 0. The molecule has 4 rings (SSSR count). The molecule has 0 bridgehead atoms. The summed E-state index contributed by atoms with van der Waals surface area (Å²) in [6.45, 7) is 2.28. The van der Waals surface area contributed by atoms with Crippen molar-refractivity contribution < 1.29 is 19.1 Å². The van der Waals surface area contributed by atoms with Crippen LogP contribution in [0, 0.1) is 0 Å². The van der Waals surface area contributed by atoms with E-state index in [-0.39, 0.29) is 18.7 Å². The van der Waals surface area contributed by atoms with Crippen LogP contribution in [-0.4, -0.2) is 30.2 Å². The third kappa shape index (κ3) is 2.77. The highest BCUT2D eigenvalue weighted by Crippen LogP contribution is 2.37. The first-order chi connectivity index (χ1) is 12.6. The average Bonchev–Trinajstić information content (AvgIpc) is 3.20.